The van der Waals surface area contributed by atoms with Gasteiger partial charge < -0.3 is 9.47 Å². The number of rotatable bonds is 8. The fourth-order valence-corrected chi connectivity index (χ4v) is 2.79. The van der Waals surface area contributed by atoms with Crippen LogP contribution in [0.15, 0.2) is 77.9 Å². The van der Waals surface area contributed by atoms with Crippen LogP contribution in [0, 0.1) is 17.1 Å². The van der Waals surface area contributed by atoms with Gasteiger partial charge >= 0.3 is 0 Å². The fraction of sp³-hybridized carbons (Fsp3) is 0.125. The van der Waals surface area contributed by atoms with Gasteiger partial charge in [-0.1, -0.05) is 42.5 Å². The molecule has 0 aromatic heterocycles. The Kier molecular flexibility index (Phi) is 7.33. The summed E-state index contributed by atoms with van der Waals surface area (Å²) in [4.78, 5) is 12.3. The van der Waals surface area contributed by atoms with Gasteiger partial charge in [0.2, 0.25) is 0 Å². The highest BCUT2D eigenvalue weighted by atomic mass is 19.1. The molecule has 0 heterocycles. The zero-order valence-electron chi connectivity index (χ0n) is 16.8. The molecule has 0 unspecified atom stereocenters. The SMILES string of the molecule is COc1cc(/C=N\NC(=O)[C@H](C#N)c2ccccc2)ccc1OCc1ccc(F)cc1. The summed E-state index contributed by atoms with van der Waals surface area (Å²) in [5.41, 5.74) is 4.48. The normalized spacial score (nSPS) is 11.5. The highest BCUT2D eigenvalue weighted by Crippen LogP contribution is 2.28. The summed E-state index contributed by atoms with van der Waals surface area (Å²) in [6.45, 7) is 0.259. The molecule has 7 heteroatoms. The molecule has 6 nitrogen and oxygen atoms in total. The van der Waals surface area contributed by atoms with Crippen LogP contribution in [0.5, 0.6) is 11.5 Å². The van der Waals surface area contributed by atoms with Crippen LogP contribution >= 0.6 is 0 Å². The van der Waals surface area contributed by atoms with Gasteiger partial charge in [0.15, 0.2) is 17.4 Å². The second-order valence-corrected chi connectivity index (χ2v) is 6.53. The molecule has 1 amide bonds. The zero-order chi connectivity index (χ0) is 22.1. The van der Waals surface area contributed by atoms with Gasteiger partial charge in [-0.05, 0) is 47.0 Å². The summed E-state index contributed by atoms with van der Waals surface area (Å²) >= 11 is 0. The number of amides is 1. The first kappa shape index (κ1) is 21.5. The number of methoxy groups -OCH3 is 1. The molecule has 0 aliphatic carbocycles. The van der Waals surface area contributed by atoms with Crippen LogP contribution in [0.2, 0.25) is 0 Å². The number of halogens is 1. The Morgan fingerprint density at radius 2 is 1.87 bits per heavy atom. The summed E-state index contributed by atoms with van der Waals surface area (Å²) in [6.07, 6.45) is 1.45. The number of nitrogens with one attached hydrogen (secondary N) is 1. The summed E-state index contributed by atoms with van der Waals surface area (Å²) in [7, 11) is 1.51. The van der Waals surface area contributed by atoms with Crippen LogP contribution in [0.1, 0.15) is 22.6 Å². The second-order valence-electron chi connectivity index (χ2n) is 6.53. The van der Waals surface area contributed by atoms with Gasteiger partial charge in [0.05, 0.1) is 19.4 Å². The number of nitrogens with zero attached hydrogens (tertiary/aromatic N) is 2. The third-order valence-corrected chi connectivity index (χ3v) is 4.41. The van der Waals surface area contributed by atoms with Crippen molar-refractivity contribution < 1.29 is 18.7 Å². The van der Waals surface area contributed by atoms with Crippen molar-refractivity contribution in [3.8, 4) is 17.6 Å². The average Bonchev–Trinajstić information content (AvgIpc) is 2.80. The van der Waals surface area contributed by atoms with Crippen molar-refractivity contribution in [2.24, 2.45) is 5.10 Å². The average molecular weight is 417 g/mol. The predicted molar refractivity (Wildman–Crippen MR) is 114 cm³/mol. The van der Waals surface area contributed by atoms with Crippen LogP contribution < -0.4 is 14.9 Å². The van der Waals surface area contributed by atoms with Crippen molar-refractivity contribution in [1.29, 1.82) is 5.26 Å². The minimum atomic E-state index is -0.949. The molecule has 31 heavy (non-hydrogen) atoms. The van der Waals surface area contributed by atoms with Gasteiger partial charge in [0.1, 0.15) is 12.4 Å². The van der Waals surface area contributed by atoms with Gasteiger partial charge in [0, 0.05) is 0 Å². The first-order valence-electron chi connectivity index (χ1n) is 9.43. The maximum absolute atomic E-state index is 13.0. The molecule has 0 aliphatic heterocycles. The second kappa shape index (κ2) is 10.6. The smallest absolute Gasteiger partial charge is 0.261 e. The quantitative estimate of drug-likeness (QED) is 0.440. The number of nitriles is 1. The number of hydrogen-bond acceptors (Lipinski definition) is 5. The monoisotopic (exact) mass is 417 g/mol. The minimum absolute atomic E-state index is 0.259. The lowest BCUT2D eigenvalue weighted by Crippen LogP contribution is -2.24. The molecule has 0 saturated heterocycles. The number of benzene rings is 3. The molecule has 0 spiro atoms. The Labute approximate surface area is 179 Å². The minimum Gasteiger partial charge on any atom is -0.493 e. The third kappa shape index (κ3) is 5.90. The molecular formula is C24H20FN3O3. The van der Waals surface area contributed by atoms with Crippen LogP contribution in [-0.2, 0) is 11.4 Å². The van der Waals surface area contributed by atoms with Crippen molar-refractivity contribution in [2.45, 2.75) is 12.5 Å². The third-order valence-electron chi connectivity index (χ3n) is 4.41. The predicted octanol–water partition coefficient (Wildman–Crippen LogP) is 4.17. The molecule has 1 N–H and O–H groups in total. The Bertz CT molecular complexity index is 1090. The first-order valence-corrected chi connectivity index (χ1v) is 9.43. The van der Waals surface area contributed by atoms with Crippen LogP contribution in [-0.4, -0.2) is 19.2 Å². The van der Waals surface area contributed by atoms with E-state index in [0.29, 0.717) is 22.6 Å². The summed E-state index contributed by atoms with van der Waals surface area (Å²) in [6, 6.07) is 22.0. The topological polar surface area (TPSA) is 83.7 Å². The summed E-state index contributed by atoms with van der Waals surface area (Å²) in [5, 5.41) is 13.2. The Balaban J connectivity index is 1.62. The van der Waals surface area contributed by atoms with Crippen molar-refractivity contribution in [3.05, 3.63) is 95.3 Å². The standard InChI is InChI=1S/C24H20FN3O3/c1-30-23-13-18(9-12-22(23)31-16-17-7-10-20(25)11-8-17)15-27-28-24(29)21(14-26)19-5-3-2-4-6-19/h2-13,15,21H,16H2,1H3,(H,28,29)/b27-15-/t21-/m1/s1. The van der Waals surface area contributed by atoms with E-state index in [1.165, 1.54) is 25.5 Å². The molecular weight excluding hydrogens is 397 g/mol. The van der Waals surface area contributed by atoms with E-state index in [-0.39, 0.29) is 12.4 Å². The van der Waals surface area contributed by atoms with Gasteiger partial charge in [-0.2, -0.15) is 10.4 Å². The van der Waals surface area contributed by atoms with E-state index < -0.39 is 11.8 Å². The molecule has 156 valence electrons. The van der Waals surface area contributed by atoms with E-state index in [1.54, 1.807) is 54.6 Å². The van der Waals surface area contributed by atoms with Crippen LogP contribution in [0.25, 0.3) is 0 Å². The highest BCUT2D eigenvalue weighted by Gasteiger charge is 2.19. The number of ether oxygens (including phenoxy) is 2. The largest absolute Gasteiger partial charge is 0.493 e. The lowest BCUT2D eigenvalue weighted by Gasteiger charge is -2.11. The van der Waals surface area contributed by atoms with Gasteiger partial charge in [-0.25, -0.2) is 9.82 Å². The highest BCUT2D eigenvalue weighted by molar-refractivity contribution is 5.88. The Morgan fingerprint density at radius 1 is 1.13 bits per heavy atom. The first-order chi connectivity index (χ1) is 15.1. The Hall–Kier alpha value is -4.18. The molecule has 0 radical (unpaired) electrons. The number of carbonyl (C=O) groups is 1. The molecule has 0 bridgehead atoms. The molecule has 0 saturated carbocycles. The summed E-state index contributed by atoms with van der Waals surface area (Å²) < 4.78 is 24.1. The van der Waals surface area contributed by atoms with Gasteiger partial charge in [-0.15, -0.1) is 0 Å². The number of carbonyl (C=O) groups excluding carboxylic acids is 1. The van der Waals surface area contributed by atoms with Crippen LogP contribution in [0.3, 0.4) is 0 Å². The molecule has 3 rings (SSSR count). The molecule has 0 fully saturated rings. The van der Waals surface area contributed by atoms with Crippen molar-refractivity contribution in [1.82, 2.24) is 5.43 Å². The van der Waals surface area contributed by atoms with E-state index in [9.17, 15) is 14.4 Å². The molecule has 1 atom stereocenters. The van der Waals surface area contributed by atoms with Gasteiger partial charge in [0.25, 0.3) is 5.91 Å². The van der Waals surface area contributed by atoms with E-state index >= 15 is 0 Å². The lowest BCUT2D eigenvalue weighted by atomic mass is 10.0. The molecule has 0 aliphatic rings. The van der Waals surface area contributed by atoms with E-state index in [4.69, 9.17) is 9.47 Å². The molecule has 3 aromatic carbocycles. The van der Waals surface area contributed by atoms with Crippen molar-refractivity contribution in [3.63, 3.8) is 0 Å². The van der Waals surface area contributed by atoms with E-state index in [1.807, 2.05) is 12.1 Å². The number of hydrazone groups is 1. The van der Waals surface area contributed by atoms with Gasteiger partial charge in [-0.3, -0.25) is 4.79 Å². The Morgan fingerprint density at radius 3 is 2.55 bits per heavy atom. The lowest BCUT2D eigenvalue weighted by molar-refractivity contribution is -0.121. The molecule has 3 aromatic rings. The van der Waals surface area contributed by atoms with Crippen molar-refractivity contribution in [2.75, 3.05) is 7.11 Å². The maximum Gasteiger partial charge on any atom is 0.261 e. The summed E-state index contributed by atoms with van der Waals surface area (Å²) in [5.74, 6) is -0.772. The maximum atomic E-state index is 13.0. The van der Waals surface area contributed by atoms with E-state index in [2.05, 4.69) is 10.5 Å². The van der Waals surface area contributed by atoms with Crippen molar-refractivity contribution >= 4 is 12.1 Å². The number of hydrogen-bond donors (Lipinski definition) is 1. The van der Waals surface area contributed by atoms with E-state index in [0.717, 1.165) is 5.56 Å². The van der Waals surface area contributed by atoms with Crippen LogP contribution in [0.4, 0.5) is 4.39 Å². The zero-order valence-corrected chi connectivity index (χ0v) is 16.8. The fourth-order valence-electron chi connectivity index (χ4n) is 2.79.